The Labute approximate surface area is 128 Å². The molecule has 1 unspecified atom stereocenters. The van der Waals surface area contributed by atoms with Crippen LogP contribution in [0.3, 0.4) is 0 Å². The van der Waals surface area contributed by atoms with Crippen LogP contribution in [0.5, 0.6) is 0 Å². The van der Waals surface area contributed by atoms with Crippen molar-refractivity contribution in [3.8, 4) is 11.8 Å². The van der Waals surface area contributed by atoms with Gasteiger partial charge in [-0.2, -0.15) is 0 Å². The van der Waals surface area contributed by atoms with Crippen molar-refractivity contribution in [3.63, 3.8) is 0 Å². The molecule has 3 heteroatoms. The molecule has 0 saturated carbocycles. The van der Waals surface area contributed by atoms with E-state index >= 15 is 0 Å². The van der Waals surface area contributed by atoms with Crippen molar-refractivity contribution in [1.29, 1.82) is 0 Å². The van der Waals surface area contributed by atoms with Gasteiger partial charge in [-0.05, 0) is 49.4 Å². The summed E-state index contributed by atoms with van der Waals surface area (Å²) in [6.45, 7) is 5.06. The third kappa shape index (κ3) is 4.23. The van der Waals surface area contributed by atoms with Crippen molar-refractivity contribution in [2.24, 2.45) is 5.84 Å². The van der Waals surface area contributed by atoms with Gasteiger partial charge in [0, 0.05) is 18.6 Å². The van der Waals surface area contributed by atoms with Gasteiger partial charge in [0.05, 0.1) is 5.69 Å². The first-order valence-electron chi connectivity index (χ1n) is 8.03. The van der Waals surface area contributed by atoms with Crippen molar-refractivity contribution < 1.29 is 4.74 Å². The highest BCUT2D eigenvalue weighted by Gasteiger charge is 2.21. The highest BCUT2D eigenvalue weighted by molar-refractivity contribution is 5.57. The molecule has 3 nitrogen and oxygen atoms in total. The third-order valence-electron chi connectivity index (χ3n) is 3.75. The zero-order valence-corrected chi connectivity index (χ0v) is 13.2. The molecular weight excluding hydrogens is 260 g/mol. The van der Waals surface area contributed by atoms with Gasteiger partial charge in [0.2, 0.25) is 0 Å². The van der Waals surface area contributed by atoms with E-state index in [-0.39, 0.29) is 6.23 Å². The van der Waals surface area contributed by atoms with E-state index in [0.29, 0.717) is 0 Å². The summed E-state index contributed by atoms with van der Waals surface area (Å²) in [6, 6.07) is 6.31. The van der Waals surface area contributed by atoms with Gasteiger partial charge in [0.1, 0.15) is 6.23 Å². The first-order chi connectivity index (χ1) is 10.3. The van der Waals surface area contributed by atoms with E-state index in [0.717, 1.165) is 50.0 Å². The Morgan fingerprint density at radius 1 is 1.33 bits per heavy atom. The lowest BCUT2D eigenvalue weighted by Gasteiger charge is -2.33. The second-order valence-electron chi connectivity index (χ2n) is 5.48. The first-order valence-corrected chi connectivity index (χ1v) is 8.03. The number of hydrogen-bond acceptors (Lipinski definition) is 3. The number of aryl methyl sites for hydroxylation is 1. The smallest absolute Gasteiger partial charge is 0.143 e. The summed E-state index contributed by atoms with van der Waals surface area (Å²) in [4.78, 5) is 0. The number of anilines is 1. The molecule has 1 aliphatic heterocycles. The third-order valence-corrected chi connectivity index (χ3v) is 3.75. The SMILES string of the molecule is CCC#Cc1ccc(N(N)C2CCCCO2)c(CCC)c1. The number of nitrogens with zero attached hydrogens (tertiary/aromatic N) is 1. The van der Waals surface area contributed by atoms with Crippen LogP contribution in [-0.2, 0) is 11.2 Å². The van der Waals surface area contributed by atoms with Gasteiger partial charge in [-0.25, -0.2) is 5.84 Å². The van der Waals surface area contributed by atoms with Gasteiger partial charge in [-0.3, -0.25) is 5.01 Å². The van der Waals surface area contributed by atoms with Crippen LogP contribution in [0.4, 0.5) is 5.69 Å². The normalized spacial score (nSPS) is 18.0. The van der Waals surface area contributed by atoms with Gasteiger partial charge in [-0.1, -0.05) is 32.1 Å². The monoisotopic (exact) mass is 286 g/mol. The van der Waals surface area contributed by atoms with Crippen LogP contribution < -0.4 is 10.9 Å². The molecule has 114 valence electrons. The largest absolute Gasteiger partial charge is 0.357 e. The number of rotatable bonds is 4. The van der Waals surface area contributed by atoms with Crippen molar-refractivity contribution in [1.82, 2.24) is 0 Å². The van der Waals surface area contributed by atoms with Crippen LogP contribution >= 0.6 is 0 Å². The number of hydrazine groups is 1. The minimum atomic E-state index is 0.00179. The van der Waals surface area contributed by atoms with E-state index in [2.05, 4.69) is 43.9 Å². The number of ether oxygens (including phenoxy) is 1. The number of hydrogen-bond donors (Lipinski definition) is 1. The van der Waals surface area contributed by atoms with Crippen molar-refractivity contribution in [3.05, 3.63) is 29.3 Å². The standard InChI is InChI=1S/C18H26N2O/c1-3-5-9-15-11-12-17(16(14-15)8-4-2)20(19)18-10-6-7-13-21-18/h11-12,14,18H,3-4,6-8,10,13,19H2,1-2H3. The molecule has 0 radical (unpaired) electrons. The van der Waals surface area contributed by atoms with Gasteiger partial charge in [0.25, 0.3) is 0 Å². The second-order valence-corrected chi connectivity index (χ2v) is 5.48. The molecule has 1 aromatic carbocycles. The van der Waals surface area contributed by atoms with Crippen molar-refractivity contribution in [2.75, 3.05) is 11.6 Å². The van der Waals surface area contributed by atoms with Crippen LogP contribution in [0.15, 0.2) is 18.2 Å². The lowest BCUT2D eigenvalue weighted by atomic mass is 10.0. The fraction of sp³-hybridized carbons (Fsp3) is 0.556. The molecule has 2 rings (SSSR count). The molecule has 2 N–H and O–H groups in total. The molecule has 21 heavy (non-hydrogen) atoms. The van der Waals surface area contributed by atoms with Gasteiger partial charge >= 0.3 is 0 Å². The summed E-state index contributed by atoms with van der Waals surface area (Å²) in [5.41, 5.74) is 3.41. The molecule has 1 atom stereocenters. The molecule has 1 aliphatic rings. The Balaban J connectivity index is 2.24. The van der Waals surface area contributed by atoms with Crippen LogP contribution in [0, 0.1) is 11.8 Å². The summed E-state index contributed by atoms with van der Waals surface area (Å²) in [5.74, 6) is 12.6. The molecule has 0 bridgehead atoms. The molecule has 0 spiro atoms. The average molecular weight is 286 g/mol. The molecule has 0 amide bonds. The van der Waals surface area contributed by atoms with E-state index in [1.807, 2.05) is 0 Å². The van der Waals surface area contributed by atoms with Gasteiger partial charge in [0.15, 0.2) is 0 Å². The second kappa shape index (κ2) is 8.07. The summed E-state index contributed by atoms with van der Waals surface area (Å²) in [5, 5.41) is 1.81. The lowest BCUT2D eigenvalue weighted by molar-refractivity contribution is 0.0140. The molecule has 1 saturated heterocycles. The van der Waals surface area contributed by atoms with Gasteiger partial charge < -0.3 is 4.74 Å². The molecular formula is C18H26N2O. The van der Waals surface area contributed by atoms with Gasteiger partial charge in [-0.15, -0.1) is 0 Å². The van der Waals surface area contributed by atoms with Crippen molar-refractivity contribution >= 4 is 5.69 Å². The number of nitrogens with two attached hydrogens (primary N) is 1. The molecule has 0 aliphatic carbocycles. The Kier molecular flexibility index (Phi) is 6.10. The maximum absolute atomic E-state index is 6.32. The molecule has 1 fully saturated rings. The van der Waals surface area contributed by atoms with E-state index in [9.17, 15) is 0 Å². The maximum Gasteiger partial charge on any atom is 0.143 e. The fourth-order valence-electron chi connectivity index (χ4n) is 2.67. The van der Waals surface area contributed by atoms with E-state index in [1.165, 1.54) is 12.0 Å². The lowest BCUT2D eigenvalue weighted by Crippen LogP contribution is -2.45. The summed E-state index contributed by atoms with van der Waals surface area (Å²) in [7, 11) is 0. The Hall–Kier alpha value is -1.50. The summed E-state index contributed by atoms with van der Waals surface area (Å²) < 4.78 is 5.80. The topological polar surface area (TPSA) is 38.5 Å². The Morgan fingerprint density at radius 3 is 2.86 bits per heavy atom. The average Bonchev–Trinajstić information content (AvgIpc) is 2.53. The summed E-state index contributed by atoms with van der Waals surface area (Å²) >= 11 is 0. The fourth-order valence-corrected chi connectivity index (χ4v) is 2.67. The highest BCUT2D eigenvalue weighted by Crippen LogP contribution is 2.26. The minimum Gasteiger partial charge on any atom is -0.357 e. The van der Waals surface area contributed by atoms with Crippen LogP contribution in [0.2, 0.25) is 0 Å². The quantitative estimate of drug-likeness (QED) is 0.522. The predicted octanol–water partition coefficient (Wildman–Crippen LogP) is 3.61. The Morgan fingerprint density at radius 2 is 2.19 bits per heavy atom. The molecule has 1 heterocycles. The van der Waals surface area contributed by atoms with Crippen LogP contribution in [-0.4, -0.2) is 12.8 Å². The molecule has 0 aromatic heterocycles. The minimum absolute atomic E-state index is 0.00179. The predicted molar refractivity (Wildman–Crippen MR) is 87.9 cm³/mol. The number of benzene rings is 1. The summed E-state index contributed by atoms with van der Waals surface area (Å²) in [6.07, 6.45) is 6.30. The highest BCUT2D eigenvalue weighted by atomic mass is 16.5. The zero-order chi connectivity index (χ0) is 15.1. The zero-order valence-electron chi connectivity index (χ0n) is 13.2. The molecule has 1 aromatic rings. The van der Waals surface area contributed by atoms with Crippen molar-refractivity contribution in [2.45, 2.75) is 58.6 Å². The maximum atomic E-state index is 6.32. The van der Waals surface area contributed by atoms with E-state index in [4.69, 9.17) is 10.6 Å². The first kappa shape index (κ1) is 15.9. The van der Waals surface area contributed by atoms with Crippen LogP contribution in [0.25, 0.3) is 0 Å². The van der Waals surface area contributed by atoms with Crippen LogP contribution in [0.1, 0.15) is 57.1 Å². The van der Waals surface area contributed by atoms with E-state index < -0.39 is 0 Å². The van der Waals surface area contributed by atoms with E-state index in [1.54, 1.807) is 5.01 Å². The Bertz CT molecular complexity index is 510.